The Bertz CT molecular complexity index is 217. The van der Waals surface area contributed by atoms with E-state index >= 15 is 0 Å². The zero-order chi connectivity index (χ0) is 15.1. The van der Waals surface area contributed by atoms with Crippen molar-refractivity contribution in [3.8, 4) is 0 Å². The van der Waals surface area contributed by atoms with Crippen LogP contribution in [0.2, 0.25) is 0 Å². The molecule has 0 aromatic heterocycles. The van der Waals surface area contributed by atoms with Crippen molar-refractivity contribution < 1.29 is 19.8 Å². The smallest absolute Gasteiger partial charge is 0.303 e. The molecule has 6 nitrogen and oxygen atoms in total. The minimum absolute atomic E-state index is 0.0628. The lowest BCUT2D eigenvalue weighted by Crippen LogP contribution is -2.14. The first-order valence-corrected chi connectivity index (χ1v) is 6.79. The number of rotatable bonds is 10. The maximum Gasteiger partial charge on any atom is 0.303 e. The number of nitrogens with two attached hydrogens (primary N) is 2. The predicted octanol–water partition coefficient (Wildman–Crippen LogP) is 1.57. The first-order chi connectivity index (χ1) is 8.90. The van der Waals surface area contributed by atoms with Crippen LogP contribution in [-0.2, 0) is 9.59 Å². The molecular weight excluding hydrogens is 248 g/mol. The molecule has 0 aromatic rings. The molecule has 19 heavy (non-hydrogen) atoms. The molecule has 0 fully saturated rings. The van der Waals surface area contributed by atoms with Crippen molar-refractivity contribution in [2.45, 2.75) is 64.3 Å². The summed E-state index contributed by atoms with van der Waals surface area (Å²) in [6.07, 6.45) is 5.77. The zero-order valence-electron chi connectivity index (χ0n) is 11.8. The minimum atomic E-state index is -0.870. The van der Waals surface area contributed by atoms with E-state index in [-0.39, 0.29) is 12.8 Å². The molecule has 0 radical (unpaired) electrons. The SMILES string of the molecule is CC(N)CCCCCN.O=C(O)CCCCC(=O)O. The number of carboxylic acids is 2. The molecule has 0 spiro atoms. The molecule has 0 rings (SSSR count). The van der Waals surface area contributed by atoms with E-state index in [0.717, 1.165) is 19.4 Å². The van der Waals surface area contributed by atoms with E-state index in [1.54, 1.807) is 0 Å². The highest BCUT2D eigenvalue weighted by Gasteiger charge is 1.99. The summed E-state index contributed by atoms with van der Waals surface area (Å²) in [6, 6.07) is 0.364. The van der Waals surface area contributed by atoms with Crippen LogP contribution in [0.5, 0.6) is 0 Å². The lowest BCUT2D eigenvalue weighted by Gasteiger charge is -2.02. The largest absolute Gasteiger partial charge is 0.481 e. The summed E-state index contributed by atoms with van der Waals surface area (Å²) in [7, 11) is 0. The molecule has 0 saturated carbocycles. The van der Waals surface area contributed by atoms with Crippen LogP contribution in [0.1, 0.15) is 58.3 Å². The van der Waals surface area contributed by atoms with Gasteiger partial charge in [-0.15, -0.1) is 0 Å². The van der Waals surface area contributed by atoms with Gasteiger partial charge in [0, 0.05) is 18.9 Å². The van der Waals surface area contributed by atoms with Crippen molar-refractivity contribution in [2.75, 3.05) is 6.54 Å². The third-order valence-electron chi connectivity index (χ3n) is 2.39. The summed E-state index contributed by atoms with van der Waals surface area (Å²) in [5, 5.41) is 16.3. The molecule has 0 saturated heterocycles. The van der Waals surface area contributed by atoms with E-state index in [9.17, 15) is 9.59 Å². The number of carboxylic acid groups (broad SMARTS) is 2. The molecular formula is C13H28N2O4. The van der Waals surface area contributed by atoms with Crippen molar-refractivity contribution in [2.24, 2.45) is 11.5 Å². The molecule has 0 aliphatic rings. The molecule has 0 aromatic carbocycles. The molecule has 6 heteroatoms. The van der Waals surface area contributed by atoms with Gasteiger partial charge >= 0.3 is 11.9 Å². The van der Waals surface area contributed by atoms with E-state index < -0.39 is 11.9 Å². The van der Waals surface area contributed by atoms with Gasteiger partial charge in [-0.3, -0.25) is 9.59 Å². The number of unbranched alkanes of at least 4 members (excludes halogenated alkanes) is 3. The van der Waals surface area contributed by atoms with Crippen LogP contribution in [0, 0.1) is 0 Å². The number of hydrogen-bond donors (Lipinski definition) is 4. The van der Waals surface area contributed by atoms with Gasteiger partial charge in [0.15, 0.2) is 0 Å². The minimum Gasteiger partial charge on any atom is -0.481 e. The molecule has 1 atom stereocenters. The highest BCUT2D eigenvalue weighted by molar-refractivity contribution is 5.67. The second-order valence-corrected chi connectivity index (χ2v) is 4.61. The number of carbonyl (C=O) groups is 2. The van der Waals surface area contributed by atoms with Crippen LogP contribution in [0.15, 0.2) is 0 Å². The van der Waals surface area contributed by atoms with E-state index in [0.29, 0.717) is 18.9 Å². The average molecular weight is 276 g/mol. The quantitative estimate of drug-likeness (QED) is 0.448. The maximum atomic E-state index is 9.90. The third-order valence-corrected chi connectivity index (χ3v) is 2.39. The Hall–Kier alpha value is -1.14. The molecule has 0 aliphatic heterocycles. The standard InChI is InChI=1S/C7H18N2.C6H10O4/c1-7(9)5-3-2-4-6-8;7-5(8)3-1-2-4-6(9)10/h7H,2-6,8-9H2,1H3;1-4H2,(H,7,8)(H,9,10). The number of aliphatic carboxylic acids is 2. The first-order valence-electron chi connectivity index (χ1n) is 6.79. The second-order valence-electron chi connectivity index (χ2n) is 4.61. The van der Waals surface area contributed by atoms with Gasteiger partial charge in [-0.2, -0.15) is 0 Å². The van der Waals surface area contributed by atoms with Crippen molar-refractivity contribution >= 4 is 11.9 Å². The Morgan fingerprint density at radius 3 is 1.74 bits per heavy atom. The Kier molecular flexibility index (Phi) is 15.8. The van der Waals surface area contributed by atoms with Crippen molar-refractivity contribution in [3.63, 3.8) is 0 Å². The summed E-state index contributed by atoms with van der Waals surface area (Å²) in [5.74, 6) is -1.74. The fourth-order valence-electron chi connectivity index (χ4n) is 1.34. The van der Waals surface area contributed by atoms with Gasteiger partial charge in [0.2, 0.25) is 0 Å². The van der Waals surface area contributed by atoms with Crippen LogP contribution < -0.4 is 11.5 Å². The van der Waals surface area contributed by atoms with Gasteiger partial charge in [0.25, 0.3) is 0 Å². The van der Waals surface area contributed by atoms with Crippen LogP contribution in [0.4, 0.5) is 0 Å². The van der Waals surface area contributed by atoms with Crippen LogP contribution in [-0.4, -0.2) is 34.7 Å². The highest BCUT2D eigenvalue weighted by atomic mass is 16.4. The second kappa shape index (κ2) is 14.9. The van der Waals surface area contributed by atoms with E-state index in [2.05, 4.69) is 0 Å². The summed E-state index contributed by atoms with van der Waals surface area (Å²) < 4.78 is 0. The van der Waals surface area contributed by atoms with Crippen molar-refractivity contribution in [1.29, 1.82) is 0 Å². The van der Waals surface area contributed by atoms with E-state index in [1.165, 1.54) is 12.8 Å². The molecule has 0 bridgehead atoms. The van der Waals surface area contributed by atoms with Crippen molar-refractivity contribution in [3.05, 3.63) is 0 Å². The highest BCUT2D eigenvalue weighted by Crippen LogP contribution is 2.00. The average Bonchev–Trinajstić information content (AvgIpc) is 2.30. The monoisotopic (exact) mass is 276 g/mol. The van der Waals surface area contributed by atoms with E-state index in [1.807, 2.05) is 6.92 Å². The molecule has 0 heterocycles. The fraction of sp³-hybridized carbons (Fsp3) is 0.846. The Balaban J connectivity index is 0. The first kappa shape index (κ1) is 20.2. The summed E-state index contributed by atoms with van der Waals surface area (Å²) >= 11 is 0. The van der Waals surface area contributed by atoms with Gasteiger partial charge in [0.1, 0.15) is 0 Å². The molecule has 6 N–H and O–H groups in total. The maximum absolute atomic E-state index is 9.90. The Morgan fingerprint density at radius 2 is 1.42 bits per heavy atom. The van der Waals surface area contributed by atoms with Crippen LogP contribution in [0.3, 0.4) is 0 Å². The summed E-state index contributed by atoms with van der Waals surface area (Å²) in [6.45, 7) is 2.86. The summed E-state index contributed by atoms with van der Waals surface area (Å²) in [5.41, 5.74) is 10.9. The molecule has 114 valence electrons. The zero-order valence-corrected chi connectivity index (χ0v) is 11.8. The van der Waals surface area contributed by atoms with Crippen molar-refractivity contribution in [1.82, 2.24) is 0 Å². The fourth-order valence-corrected chi connectivity index (χ4v) is 1.34. The van der Waals surface area contributed by atoms with Crippen LogP contribution in [0.25, 0.3) is 0 Å². The third kappa shape index (κ3) is 26.5. The van der Waals surface area contributed by atoms with Gasteiger partial charge in [-0.25, -0.2) is 0 Å². The number of hydrogen-bond acceptors (Lipinski definition) is 4. The van der Waals surface area contributed by atoms with E-state index in [4.69, 9.17) is 21.7 Å². The van der Waals surface area contributed by atoms with Gasteiger partial charge < -0.3 is 21.7 Å². The van der Waals surface area contributed by atoms with Gasteiger partial charge in [-0.1, -0.05) is 12.8 Å². The summed E-state index contributed by atoms with van der Waals surface area (Å²) in [4.78, 5) is 19.8. The van der Waals surface area contributed by atoms with Crippen LogP contribution >= 0.6 is 0 Å². The van der Waals surface area contributed by atoms with Gasteiger partial charge in [-0.05, 0) is 39.2 Å². The molecule has 1 unspecified atom stereocenters. The molecule has 0 amide bonds. The molecule has 0 aliphatic carbocycles. The Morgan fingerprint density at radius 1 is 0.947 bits per heavy atom. The normalized spacial score (nSPS) is 11.3. The lowest BCUT2D eigenvalue weighted by molar-refractivity contribution is -0.139. The topological polar surface area (TPSA) is 127 Å². The Labute approximate surface area is 115 Å². The lowest BCUT2D eigenvalue weighted by atomic mass is 10.1. The predicted molar refractivity (Wildman–Crippen MR) is 74.9 cm³/mol. The van der Waals surface area contributed by atoms with Gasteiger partial charge in [0.05, 0.1) is 0 Å².